The molecule has 4 nitrogen and oxygen atoms in total. The highest BCUT2D eigenvalue weighted by Crippen LogP contribution is 2.25. The Morgan fingerprint density at radius 2 is 1.89 bits per heavy atom. The summed E-state index contributed by atoms with van der Waals surface area (Å²) in [6.07, 6.45) is 1.56. The van der Waals surface area contributed by atoms with Crippen LogP contribution in [0.15, 0.2) is 35.9 Å². The van der Waals surface area contributed by atoms with E-state index < -0.39 is 5.97 Å². The largest absolute Gasteiger partial charge is 0.489 e. The summed E-state index contributed by atoms with van der Waals surface area (Å²) in [6, 6.07) is 11.3. The minimum Gasteiger partial charge on any atom is -0.489 e. The van der Waals surface area contributed by atoms with E-state index in [9.17, 15) is 10.1 Å². The molecule has 0 spiro atoms. The minimum atomic E-state index is -0.616. The van der Waals surface area contributed by atoms with Crippen LogP contribution in [0.5, 0.6) is 5.75 Å². The number of hydrogen-bond acceptors (Lipinski definition) is 4. The van der Waals surface area contributed by atoms with Gasteiger partial charge in [-0.1, -0.05) is 17.7 Å². The molecule has 0 aliphatic carbocycles. The number of nitrogens with zero attached hydrogens (tertiary/aromatic N) is 1. The fraction of sp³-hybridized carbons (Fsp3) is 0.273. The van der Waals surface area contributed by atoms with Crippen molar-refractivity contribution in [1.29, 1.82) is 5.26 Å². The van der Waals surface area contributed by atoms with Crippen molar-refractivity contribution < 1.29 is 14.3 Å². The van der Waals surface area contributed by atoms with Crippen molar-refractivity contribution in [3.63, 3.8) is 0 Å². The van der Waals surface area contributed by atoms with Gasteiger partial charge in [-0.3, -0.25) is 0 Å². The molecule has 0 saturated carbocycles. The summed E-state index contributed by atoms with van der Waals surface area (Å²) in [4.78, 5) is 11.9. The number of nitriles is 1. The van der Waals surface area contributed by atoms with Gasteiger partial charge >= 0.3 is 5.97 Å². The van der Waals surface area contributed by atoms with Gasteiger partial charge < -0.3 is 9.47 Å². The number of rotatable bonds is 6. The molecule has 0 aromatic heterocycles. The molecule has 0 N–H and O–H groups in total. The molecule has 0 amide bonds. The maximum atomic E-state index is 11.9. The molecule has 0 atom stereocenters. The summed E-state index contributed by atoms with van der Waals surface area (Å²) >= 11 is 5.98. The monoisotopic (exact) mass is 383 g/mol. The fourth-order valence-corrected chi connectivity index (χ4v) is 2.89. The zero-order chi connectivity index (χ0) is 20.0. The first-order chi connectivity index (χ1) is 12.8. The number of ether oxygens (including phenoxy) is 2. The summed E-state index contributed by atoms with van der Waals surface area (Å²) in [5, 5.41) is 9.92. The first kappa shape index (κ1) is 20.5. The van der Waals surface area contributed by atoms with E-state index in [0.717, 1.165) is 33.6 Å². The third kappa shape index (κ3) is 5.35. The van der Waals surface area contributed by atoms with Gasteiger partial charge in [-0.25, -0.2) is 4.79 Å². The second-order valence-electron chi connectivity index (χ2n) is 6.22. The summed E-state index contributed by atoms with van der Waals surface area (Å²) in [5.41, 5.74) is 4.74. The fourth-order valence-electron chi connectivity index (χ4n) is 2.66. The van der Waals surface area contributed by atoms with E-state index in [2.05, 4.69) is 0 Å². The van der Waals surface area contributed by atoms with E-state index in [1.54, 1.807) is 19.1 Å². The number of carbonyl (C=O) groups excluding carboxylic acids is 1. The molecular formula is C22H22ClNO3. The van der Waals surface area contributed by atoms with Crippen molar-refractivity contribution in [1.82, 2.24) is 0 Å². The molecule has 5 heteroatoms. The Morgan fingerprint density at radius 3 is 2.52 bits per heavy atom. The SMILES string of the molecule is CCOC(=O)/C(C#N)=C/c1cc(COc2ccc(Cl)cc2C)c(C)cc1C. The van der Waals surface area contributed by atoms with Crippen LogP contribution in [0.4, 0.5) is 0 Å². The van der Waals surface area contributed by atoms with Gasteiger partial charge in [0.25, 0.3) is 0 Å². The molecule has 2 rings (SSSR count). The first-order valence-corrected chi connectivity index (χ1v) is 9.01. The maximum absolute atomic E-state index is 11.9. The van der Waals surface area contributed by atoms with Crippen LogP contribution in [0, 0.1) is 32.1 Å². The second kappa shape index (κ2) is 9.25. The Kier molecular flexibility index (Phi) is 7.04. The summed E-state index contributed by atoms with van der Waals surface area (Å²) < 4.78 is 10.9. The lowest BCUT2D eigenvalue weighted by atomic mass is 9.98. The number of halogens is 1. The molecule has 0 aliphatic heterocycles. The van der Waals surface area contributed by atoms with Crippen molar-refractivity contribution in [3.8, 4) is 11.8 Å². The zero-order valence-electron chi connectivity index (χ0n) is 15.9. The summed E-state index contributed by atoms with van der Waals surface area (Å²) in [6.45, 7) is 8.19. The second-order valence-corrected chi connectivity index (χ2v) is 6.66. The van der Waals surface area contributed by atoms with Gasteiger partial charge in [0.15, 0.2) is 0 Å². The van der Waals surface area contributed by atoms with Crippen LogP contribution in [0.25, 0.3) is 6.08 Å². The Balaban J connectivity index is 2.29. The molecular weight excluding hydrogens is 362 g/mol. The van der Waals surface area contributed by atoms with Crippen molar-refractivity contribution in [3.05, 3.63) is 68.7 Å². The van der Waals surface area contributed by atoms with E-state index >= 15 is 0 Å². The van der Waals surface area contributed by atoms with Crippen LogP contribution in [0.2, 0.25) is 5.02 Å². The molecule has 0 radical (unpaired) electrons. The predicted molar refractivity (Wildman–Crippen MR) is 107 cm³/mol. The van der Waals surface area contributed by atoms with Crippen LogP contribution < -0.4 is 4.74 Å². The van der Waals surface area contributed by atoms with Crippen LogP contribution in [0.1, 0.15) is 34.7 Å². The van der Waals surface area contributed by atoms with Crippen LogP contribution in [0.3, 0.4) is 0 Å². The van der Waals surface area contributed by atoms with E-state index in [-0.39, 0.29) is 12.2 Å². The van der Waals surface area contributed by atoms with Gasteiger partial charge in [0.05, 0.1) is 6.61 Å². The average molecular weight is 384 g/mol. The van der Waals surface area contributed by atoms with E-state index in [1.165, 1.54) is 0 Å². The Morgan fingerprint density at radius 1 is 1.15 bits per heavy atom. The average Bonchev–Trinajstić information content (AvgIpc) is 2.61. The molecule has 0 heterocycles. The lowest BCUT2D eigenvalue weighted by Gasteiger charge is -2.13. The van der Waals surface area contributed by atoms with Gasteiger partial charge in [-0.2, -0.15) is 5.26 Å². The molecule has 0 unspecified atom stereocenters. The molecule has 0 saturated heterocycles. The Hall–Kier alpha value is -2.77. The summed E-state index contributed by atoms with van der Waals surface area (Å²) in [5.74, 6) is 0.148. The quantitative estimate of drug-likeness (QED) is 0.385. The number of aryl methyl sites for hydroxylation is 3. The predicted octanol–water partition coefficient (Wildman–Crippen LogP) is 5.31. The molecule has 0 aliphatic rings. The molecule has 2 aromatic carbocycles. The topological polar surface area (TPSA) is 59.3 Å². The number of hydrogen-bond donors (Lipinski definition) is 0. The Labute approximate surface area is 165 Å². The highest BCUT2D eigenvalue weighted by molar-refractivity contribution is 6.30. The van der Waals surface area contributed by atoms with Crippen LogP contribution >= 0.6 is 11.6 Å². The van der Waals surface area contributed by atoms with Crippen molar-refractivity contribution in [2.75, 3.05) is 6.61 Å². The van der Waals surface area contributed by atoms with E-state index in [0.29, 0.717) is 11.6 Å². The molecule has 27 heavy (non-hydrogen) atoms. The van der Waals surface area contributed by atoms with Gasteiger partial charge in [-0.15, -0.1) is 0 Å². The third-order valence-corrected chi connectivity index (χ3v) is 4.40. The maximum Gasteiger partial charge on any atom is 0.348 e. The lowest BCUT2D eigenvalue weighted by Crippen LogP contribution is -2.06. The van der Waals surface area contributed by atoms with Crippen molar-refractivity contribution >= 4 is 23.6 Å². The van der Waals surface area contributed by atoms with E-state index in [4.69, 9.17) is 21.1 Å². The molecule has 0 fully saturated rings. The van der Waals surface area contributed by atoms with Crippen LogP contribution in [-0.4, -0.2) is 12.6 Å². The van der Waals surface area contributed by atoms with E-state index in [1.807, 2.05) is 51.1 Å². The van der Waals surface area contributed by atoms with Gasteiger partial charge in [0, 0.05) is 5.02 Å². The standard InChI is InChI=1S/C22H22ClNO3/c1-5-26-22(25)18(12-24)10-17-11-19(15(3)8-14(17)2)13-27-21-7-6-20(23)9-16(21)4/h6-11H,5,13H2,1-4H3/b18-10+. The minimum absolute atomic E-state index is 0.0239. The normalized spacial score (nSPS) is 11.0. The van der Waals surface area contributed by atoms with Crippen LogP contribution in [-0.2, 0) is 16.1 Å². The lowest BCUT2D eigenvalue weighted by molar-refractivity contribution is -0.137. The zero-order valence-corrected chi connectivity index (χ0v) is 16.7. The molecule has 0 bridgehead atoms. The molecule has 140 valence electrons. The summed E-state index contributed by atoms with van der Waals surface area (Å²) in [7, 11) is 0. The van der Waals surface area contributed by atoms with Gasteiger partial charge in [-0.05, 0) is 85.9 Å². The smallest absolute Gasteiger partial charge is 0.348 e. The number of benzene rings is 2. The van der Waals surface area contributed by atoms with Crippen molar-refractivity contribution in [2.24, 2.45) is 0 Å². The molecule has 2 aromatic rings. The number of esters is 1. The highest BCUT2D eigenvalue weighted by Gasteiger charge is 2.12. The third-order valence-electron chi connectivity index (χ3n) is 4.16. The van der Waals surface area contributed by atoms with Gasteiger partial charge in [0.1, 0.15) is 24.0 Å². The highest BCUT2D eigenvalue weighted by atomic mass is 35.5. The van der Waals surface area contributed by atoms with Crippen molar-refractivity contribution in [2.45, 2.75) is 34.3 Å². The number of carbonyl (C=O) groups is 1. The van der Waals surface area contributed by atoms with Gasteiger partial charge in [0.2, 0.25) is 0 Å². The Bertz CT molecular complexity index is 926. The first-order valence-electron chi connectivity index (χ1n) is 8.63.